The molecule has 0 saturated heterocycles. The van der Waals surface area contributed by atoms with Crippen LogP contribution in [0, 0.1) is 17.2 Å². The molecule has 4 rings (SSSR count). The third kappa shape index (κ3) is 4.94. The highest BCUT2D eigenvalue weighted by atomic mass is 19.1. The van der Waals surface area contributed by atoms with Gasteiger partial charge in [-0.05, 0) is 47.7 Å². The number of carbonyl (C=O) groups excluding carboxylic acids is 2. The molecule has 0 fully saturated rings. The van der Waals surface area contributed by atoms with Gasteiger partial charge in [-0.15, -0.1) is 0 Å². The van der Waals surface area contributed by atoms with Gasteiger partial charge in [0.15, 0.2) is 5.78 Å². The molecular weight excluding hydrogens is 449 g/mol. The van der Waals surface area contributed by atoms with E-state index in [0.29, 0.717) is 35.6 Å². The highest BCUT2D eigenvalue weighted by Crippen LogP contribution is 2.48. The van der Waals surface area contributed by atoms with Crippen LogP contribution in [-0.2, 0) is 20.9 Å². The second kappa shape index (κ2) is 9.56. The van der Waals surface area contributed by atoms with Gasteiger partial charge in [0.25, 0.3) is 0 Å². The molecule has 0 spiro atoms. The molecule has 184 valence electrons. The van der Waals surface area contributed by atoms with Gasteiger partial charge >= 0.3 is 5.97 Å². The van der Waals surface area contributed by atoms with Gasteiger partial charge in [0.2, 0.25) is 0 Å². The molecule has 2 aromatic carbocycles. The fourth-order valence-corrected chi connectivity index (χ4v) is 4.98. The molecule has 35 heavy (non-hydrogen) atoms. The van der Waals surface area contributed by atoms with Crippen LogP contribution in [0.2, 0.25) is 0 Å². The van der Waals surface area contributed by atoms with E-state index in [1.807, 2.05) is 18.2 Å². The van der Waals surface area contributed by atoms with Gasteiger partial charge in [0, 0.05) is 34.9 Å². The van der Waals surface area contributed by atoms with Crippen molar-refractivity contribution in [1.82, 2.24) is 5.32 Å². The summed E-state index contributed by atoms with van der Waals surface area (Å²) in [6.07, 6.45) is 1.07. The number of halogens is 1. The SMILES string of the molecule is C=C1NC2=C(C(=O)CC(C)(C)C2)C(c2ccc(COc3ccc(F)cc3)c(OC)c2)C1C(=O)OC. The zero-order valence-electron chi connectivity index (χ0n) is 20.4. The number of allylic oxidation sites excluding steroid dienone is 2. The van der Waals surface area contributed by atoms with Gasteiger partial charge in [0.05, 0.1) is 14.2 Å². The first-order valence-corrected chi connectivity index (χ1v) is 11.5. The molecule has 7 heteroatoms. The normalized spacial score (nSPS) is 21.2. The Kier molecular flexibility index (Phi) is 6.70. The standard InChI is InChI=1S/C28H30FNO5/c1-16-24(27(32)34-5)25(26-21(30-16)13-28(2,3)14-22(26)31)17-6-7-18(23(12-17)33-4)15-35-20-10-8-19(29)9-11-20/h6-12,24-25,30H,1,13-15H2,2-5H3. The molecule has 2 atom stereocenters. The van der Waals surface area contributed by atoms with Gasteiger partial charge in [-0.25, -0.2) is 4.39 Å². The van der Waals surface area contributed by atoms with Crippen LogP contribution in [0.25, 0.3) is 0 Å². The summed E-state index contributed by atoms with van der Waals surface area (Å²) in [5.74, 6) is -0.994. The summed E-state index contributed by atoms with van der Waals surface area (Å²) >= 11 is 0. The van der Waals surface area contributed by atoms with Crippen molar-refractivity contribution in [3.8, 4) is 11.5 Å². The van der Waals surface area contributed by atoms with Gasteiger partial charge in [0.1, 0.15) is 29.8 Å². The Morgan fingerprint density at radius 3 is 2.51 bits per heavy atom. The first kappa shape index (κ1) is 24.5. The zero-order chi connectivity index (χ0) is 25.3. The first-order valence-electron chi connectivity index (χ1n) is 11.5. The van der Waals surface area contributed by atoms with Gasteiger partial charge in [-0.3, -0.25) is 9.59 Å². The van der Waals surface area contributed by atoms with Gasteiger partial charge in [-0.1, -0.05) is 32.6 Å². The highest BCUT2D eigenvalue weighted by Gasteiger charge is 2.46. The number of hydrogen-bond acceptors (Lipinski definition) is 6. The summed E-state index contributed by atoms with van der Waals surface area (Å²) < 4.78 is 29.7. The first-order chi connectivity index (χ1) is 16.6. The number of ether oxygens (including phenoxy) is 3. The topological polar surface area (TPSA) is 73.9 Å². The van der Waals surface area contributed by atoms with E-state index in [1.165, 1.54) is 19.2 Å². The fourth-order valence-electron chi connectivity index (χ4n) is 4.98. The molecule has 1 N–H and O–H groups in total. The zero-order valence-corrected chi connectivity index (χ0v) is 20.4. The number of rotatable bonds is 6. The molecule has 6 nitrogen and oxygen atoms in total. The quantitative estimate of drug-likeness (QED) is 0.585. The second-order valence-corrected chi connectivity index (χ2v) is 9.78. The predicted molar refractivity (Wildman–Crippen MR) is 129 cm³/mol. The van der Waals surface area contributed by atoms with E-state index in [2.05, 4.69) is 25.7 Å². The lowest BCUT2D eigenvalue weighted by atomic mass is 9.66. The number of Topliss-reactive ketones (excluding diaryl/α,β-unsaturated/α-hetero) is 1. The Bertz CT molecular complexity index is 1200. The molecule has 0 radical (unpaired) electrons. The second-order valence-electron chi connectivity index (χ2n) is 9.78. The fraction of sp³-hybridized carbons (Fsp3) is 0.357. The Hall–Kier alpha value is -3.61. The lowest BCUT2D eigenvalue weighted by Crippen LogP contribution is -2.43. The van der Waals surface area contributed by atoms with Crippen LogP contribution in [0.3, 0.4) is 0 Å². The smallest absolute Gasteiger partial charge is 0.315 e. The average molecular weight is 480 g/mol. The number of benzene rings is 2. The summed E-state index contributed by atoms with van der Waals surface area (Å²) in [7, 11) is 2.89. The van der Waals surface area contributed by atoms with Crippen molar-refractivity contribution in [3.05, 3.63) is 83.0 Å². The summed E-state index contributed by atoms with van der Waals surface area (Å²) in [6.45, 7) is 8.41. The molecule has 2 aromatic rings. The number of nitrogens with one attached hydrogen (secondary N) is 1. The van der Waals surface area contributed by atoms with Crippen molar-refractivity contribution in [2.75, 3.05) is 14.2 Å². The number of ketones is 1. The molecule has 0 saturated carbocycles. The number of esters is 1. The van der Waals surface area contributed by atoms with E-state index in [0.717, 1.165) is 16.8 Å². The van der Waals surface area contributed by atoms with E-state index in [4.69, 9.17) is 14.2 Å². The van der Waals surface area contributed by atoms with Crippen molar-refractivity contribution < 1.29 is 28.2 Å². The van der Waals surface area contributed by atoms with E-state index >= 15 is 0 Å². The van der Waals surface area contributed by atoms with Crippen molar-refractivity contribution >= 4 is 11.8 Å². The predicted octanol–water partition coefficient (Wildman–Crippen LogP) is 5.05. The van der Waals surface area contributed by atoms with Gasteiger partial charge in [-0.2, -0.15) is 0 Å². The third-order valence-electron chi connectivity index (χ3n) is 6.58. The van der Waals surface area contributed by atoms with Crippen molar-refractivity contribution in [2.24, 2.45) is 11.3 Å². The third-order valence-corrected chi connectivity index (χ3v) is 6.58. The lowest BCUT2D eigenvalue weighted by Gasteiger charge is -2.42. The lowest BCUT2D eigenvalue weighted by molar-refractivity contribution is -0.144. The van der Waals surface area contributed by atoms with Crippen LogP contribution in [0.1, 0.15) is 43.7 Å². The maximum Gasteiger partial charge on any atom is 0.315 e. The largest absolute Gasteiger partial charge is 0.496 e. The Morgan fingerprint density at radius 2 is 1.86 bits per heavy atom. The highest BCUT2D eigenvalue weighted by molar-refractivity contribution is 6.00. The maximum atomic E-state index is 13.3. The molecule has 0 bridgehead atoms. The summed E-state index contributed by atoms with van der Waals surface area (Å²) in [5, 5.41) is 3.24. The van der Waals surface area contributed by atoms with Crippen LogP contribution in [0.5, 0.6) is 11.5 Å². The van der Waals surface area contributed by atoms with Gasteiger partial charge < -0.3 is 19.5 Å². The van der Waals surface area contributed by atoms with Crippen LogP contribution in [0.4, 0.5) is 4.39 Å². The number of carbonyl (C=O) groups is 2. The maximum absolute atomic E-state index is 13.3. The Balaban J connectivity index is 1.72. The molecular formula is C28H30FNO5. The molecule has 0 aromatic heterocycles. The minimum Gasteiger partial charge on any atom is -0.496 e. The Morgan fingerprint density at radius 1 is 1.14 bits per heavy atom. The molecule has 2 aliphatic rings. The van der Waals surface area contributed by atoms with Crippen LogP contribution < -0.4 is 14.8 Å². The van der Waals surface area contributed by atoms with Crippen molar-refractivity contribution in [3.63, 3.8) is 0 Å². The minimum absolute atomic E-state index is 0.0119. The number of hydrogen-bond donors (Lipinski definition) is 1. The monoisotopic (exact) mass is 479 g/mol. The van der Waals surface area contributed by atoms with Crippen LogP contribution in [-0.4, -0.2) is 26.0 Å². The van der Waals surface area contributed by atoms with E-state index < -0.39 is 17.8 Å². The minimum atomic E-state index is -0.755. The average Bonchev–Trinajstić information content (AvgIpc) is 2.81. The molecule has 1 aliphatic carbocycles. The van der Waals surface area contributed by atoms with E-state index in [1.54, 1.807) is 19.2 Å². The van der Waals surface area contributed by atoms with Crippen molar-refractivity contribution in [1.29, 1.82) is 0 Å². The summed E-state index contributed by atoms with van der Waals surface area (Å²) in [6, 6.07) is 11.3. The van der Waals surface area contributed by atoms with Crippen molar-refractivity contribution in [2.45, 2.75) is 39.2 Å². The molecule has 1 heterocycles. The number of methoxy groups -OCH3 is 2. The van der Waals surface area contributed by atoms with Crippen LogP contribution in [0.15, 0.2) is 66.0 Å². The van der Waals surface area contributed by atoms with E-state index in [9.17, 15) is 14.0 Å². The molecule has 0 amide bonds. The van der Waals surface area contributed by atoms with E-state index in [-0.39, 0.29) is 23.6 Å². The molecule has 1 aliphatic heterocycles. The molecule has 2 unspecified atom stereocenters. The summed E-state index contributed by atoms with van der Waals surface area (Å²) in [4.78, 5) is 26.2. The Labute approximate surface area is 204 Å². The summed E-state index contributed by atoms with van der Waals surface area (Å²) in [5.41, 5.74) is 3.26. The van der Waals surface area contributed by atoms with Crippen LogP contribution >= 0.6 is 0 Å².